The molecule has 3 aromatic rings. The second-order valence-electron chi connectivity index (χ2n) is 5.44. The zero-order valence-electron chi connectivity index (χ0n) is 12.6. The molecule has 0 unspecified atom stereocenters. The van der Waals surface area contributed by atoms with Gasteiger partial charge in [-0.05, 0) is 18.5 Å². The molecule has 0 atom stereocenters. The number of fused-ring (bicyclic) bond motifs is 1. The van der Waals surface area contributed by atoms with Gasteiger partial charge < -0.3 is 9.47 Å². The largest absolute Gasteiger partial charge is 0.352 e. The first-order chi connectivity index (χ1) is 11.3. The Morgan fingerprint density at radius 1 is 1.17 bits per heavy atom. The number of rotatable bonds is 2. The van der Waals surface area contributed by atoms with E-state index in [1.165, 1.54) is 11.5 Å². The summed E-state index contributed by atoms with van der Waals surface area (Å²) in [6.45, 7) is 4.14. The highest BCUT2D eigenvalue weighted by molar-refractivity contribution is 7.10. The van der Waals surface area contributed by atoms with Gasteiger partial charge in [0.2, 0.25) is 0 Å². The van der Waals surface area contributed by atoms with Gasteiger partial charge in [0, 0.05) is 18.7 Å². The summed E-state index contributed by atoms with van der Waals surface area (Å²) < 4.78 is 6.46. The van der Waals surface area contributed by atoms with Gasteiger partial charge in [-0.15, -0.1) is 10.2 Å². The van der Waals surface area contributed by atoms with Crippen LogP contribution in [0.3, 0.4) is 0 Å². The Hall–Kier alpha value is -2.72. The highest BCUT2D eigenvalue weighted by Crippen LogP contribution is 2.31. The van der Waals surface area contributed by atoms with Crippen molar-refractivity contribution in [3.05, 3.63) is 47.4 Å². The Bertz CT molecular complexity index is 889. The van der Waals surface area contributed by atoms with E-state index < -0.39 is 0 Å². The Morgan fingerprint density at radius 2 is 2.00 bits per heavy atom. The molecule has 0 fully saturated rings. The van der Waals surface area contributed by atoms with E-state index in [1.807, 2.05) is 37.3 Å². The van der Waals surface area contributed by atoms with Crippen LogP contribution in [0.4, 0.5) is 5.00 Å². The van der Waals surface area contributed by atoms with Crippen molar-refractivity contribution in [1.29, 1.82) is 5.26 Å². The van der Waals surface area contributed by atoms with Crippen molar-refractivity contribution in [3.8, 4) is 17.5 Å². The molecule has 114 valence electrons. The molecule has 1 aliphatic heterocycles. The average molecular weight is 322 g/mol. The SMILES string of the molecule is Cc1nsc(N2CCn3c(nnc3-c3ccccc3)C2)c1C#N. The molecule has 0 amide bonds. The number of nitriles is 1. The predicted octanol–water partition coefficient (Wildman–Crippen LogP) is 2.60. The maximum absolute atomic E-state index is 9.32. The second kappa shape index (κ2) is 5.48. The normalized spacial score (nSPS) is 13.7. The van der Waals surface area contributed by atoms with E-state index in [9.17, 15) is 5.26 Å². The summed E-state index contributed by atoms with van der Waals surface area (Å²) in [6.07, 6.45) is 0. The number of aryl methyl sites for hydroxylation is 1. The molecular weight excluding hydrogens is 308 g/mol. The van der Waals surface area contributed by atoms with Crippen molar-refractivity contribution in [2.24, 2.45) is 0 Å². The molecule has 1 aromatic carbocycles. The average Bonchev–Trinajstić information content (AvgIpc) is 3.18. The molecule has 3 heterocycles. The minimum Gasteiger partial charge on any atom is -0.352 e. The van der Waals surface area contributed by atoms with E-state index in [-0.39, 0.29) is 0 Å². The number of aromatic nitrogens is 4. The van der Waals surface area contributed by atoms with Crippen LogP contribution in [0.5, 0.6) is 0 Å². The molecule has 23 heavy (non-hydrogen) atoms. The van der Waals surface area contributed by atoms with Crippen molar-refractivity contribution in [3.63, 3.8) is 0 Å². The Labute approximate surface area is 137 Å². The monoisotopic (exact) mass is 322 g/mol. The summed E-state index contributed by atoms with van der Waals surface area (Å²) in [6, 6.07) is 12.4. The minimum atomic E-state index is 0.649. The van der Waals surface area contributed by atoms with E-state index in [1.54, 1.807) is 0 Å². The van der Waals surface area contributed by atoms with Crippen LogP contribution in [0.25, 0.3) is 11.4 Å². The summed E-state index contributed by atoms with van der Waals surface area (Å²) in [5, 5.41) is 19.0. The lowest BCUT2D eigenvalue weighted by Crippen LogP contribution is -2.34. The van der Waals surface area contributed by atoms with E-state index in [4.69, 9.17) is 0 Å². The Kier molecular flexibility index (Phi) is 3.32. The molecule has 1 aliphatic rings. The number of anilines is 1. The third kappa shape index (κ3) is 2.28. The van der Waals surface area contributed by atoms with Crippen molar-refractivity contribution < 1.29 is 0 Å². The number of benzene rings is 1. The van der Waals surface area contributed by atoms with Gasteiger partial charge >= 0.3 is 0 Å². The van der Waals surface area contributed by atoms with Crippen molar-refractivity contribution in [2.45, 2.75) is 20.0 Å². The summed E-state index contributed by atoms with van der Waals surface area (Å²) in [5.74, 6) is 1.83. The molecule has 0 radical (unpaired) electrons. The summed E-state index contributed by atoms with van der Waals surface area (Å²) in [5.41, 5.74) is 2.54. The second-order valence-corrected chi connectivity index (χ2v) is 6.19. The predicted molar refractivity (Wildman–Crippen MR) is 88.1 cm³/mol. The summed E-state index contributed by atoms with van der Waals surface area (Å²) in [7, 11) is 0. The van der Waals surface area contributed by atoms with Crippen LogP contribution in [-0.2, 0) is 13.1 Å². The van der Waals surface area contributed by atoms with Crippen LogP contribution >= 0.6 is 11.5 Å². The van der Waals surface area contributed by atoms with Crippen LogP contribution in [0.2, 0.25) is 0 Å². The Balaban J connectivity index is 1.67. The van der Waals surface area contributed by atoms with Gasteiger partial charge in [-0.3, -0.25) is 0 Å². The third-order valence-electron chi connectivity index (χ3n) is 4.03. The highest BCUT2D eigenvalue weighted by Gasteiger charge is 2.25. The van der Waals surface area contributed by atoms with Gasteiger partial charge in [0.1, 0.15) is 16.6 Å². The smallest absolute Gasteiger partial charge is 0.164 e. The van der Waals surface area contributed by atoms with Gasteiger partial charge in [0.15, 0.2) is 11.6 Å². The molecule has 0 bridgehead atoms. The summed E-state index contributed by atoms with van der Waals surface area (Å²) in [4.78, 5) is 2.17. The number of hydrogen-bond acceptors (Lipinski definition) is 6. The van der Waals surface area contributed by atoms with Gasteiger partial charge in [-0.25, -0.2) is 0 Å². The molecule has 7 heteroatoms. The molecule has 0 saturated carbocycles. The quantitative estimate of drug-likeness (QED) is 0.725. The molecule has 0 N–H and O–H groups in total. The lowest BCUT2D eigenvalue weighted by molar-refractivity contribution is 0.566. The van der Waals surface area contributed by atoms with Crippen molar-refractivity contribution in [2.75, 3.05) is 11.4 Å². The first kappa shape index (κ1) is 13.9. The van der Waals surface area contributed by atoms with E-state index in [0.717, 1.165) is 41.0 Å². The topological polar surface area (TPSA) is 70.6 Å². The van der Waals surface area contributed by atoms with Crippen molar-refractivity contribution >= 4 is 16.5 Å². The molecule has 0 spiro atoms. The summed E-state index contributed by atoms with van der Waals surface area (Å²) >= 11 is 1.38. The van der Waals surface area contributed by atoms with Gasteiger partial charge in [0.05, 0.1) is 12.2 Å². The first-order valence-corrected chi connectivity index (χ1v) is 8.14. The Morgan fingerprint density at radius 3 is 2.78 bits per heavy atom. The highest BCUT2D eigenvalue weighted by atomic mass is 32.1. The lowest BCUT2D eigenvalue weighted by atomic mass is 10.2. The fourth-order valence-electron chi connectivity index (χ4n) is 2.83. The first-order valence-electron chi connectivity index (χ1n) is 7.36. The lowest BCUT2D eigenvalue weighted by Gasteiger charge is -2.28. The van der Waals surface area contributed by atoms with Gasteiger partial charge in [0.25, 0.3) is 0 Å². The maximum Gasteiger partial charge on any atom is 0.164 e. The van der Waals surface area contributed by atoms with Crippen LogP contribution < -0.4 is 4.90 Å². The fourth-order valence-corrected chi connectivity index (χ4v) is 3.70. The third-order valence-corrected chi connectivity index (χ3v) is 5.03. The van der Waals surface area contributed by atoms with E-state index in [2.05, 4.69) is 30.1 Å². The van der Waals surface area contributed by atoms with Gasteiger partial charge in [-0.1, -0.05) is 30.3 Å². The van der Waals surface area contributed by atoms with Crippen LogP contribution in [-0.4, -0.2) is 25.7 Å². The standard InChI is InChI=1S/C16H14N6S/c1-11-13(9-17)16(23-20-11)21-7-8-22-14(10-21)18-19-15(22)12-5-3-2-4-6-12/h2-6H,7-8,10H2,1H3. The zero-order chi connectivity index (χ0) is 15.8. The minimum absolute atomic E-state index is 0.649. The molecule has 0 saturated heterocycles. The van der Waals surface area contributed by atoms with Crippen LogP contribution in [0.15, 0.2) is 30.3 Å². The molecular formula is C16H14N6S. The van der Waals surface area contributed by atoms with E-state index >= 15 is 0 Å². The zero-order valence-corrected chi connectivity index (χ0v) is 13.4. The number of nitrogens with zero attached hydrogens (tertiary/aromatic N) is 6. The number of hydrogen-bond donors (Lipinski definition) is 0. The van der Waals surface area contributed by atoms with Crippen LogP contribution in [0.1, 0.15) is 17.1 Å². The van der Waals surface area contributed by atoms with E-state index in [0.29, 0.717) is 12.1 Å². The fraction of sp³-hybridized carbons (Fsp3) is 0.250. The maximum atomic E-state index is 9.32. The van der Waals surface area contributed by atoms with Gasteiger partial charge in [-0.2, -0.15) is 9.64 Å². The van der Waals surface area contributed by atoms with Crippen molar-refractivity contribution in [1.82, 2.24) is 19.1 Å². The van der Waals surface area contributed by atoms with Crippen LogP contribution in [0, 0.1) is 18.3 Å². The molecule has 6 nitrogen and oxygen atoms in total. The molecule has 2 aromatic heterocycles. The molecule has 0 aliphatic carbocycles. The molecule has 4 rings (SSSR count).